The molecule has 0 aliphatic carbocycles. The second kappa shape index (κ2) is 5.49. The summed E-state index contributed by atoms with van der Waals surface area (Å²) in [5, 5.41) is 0. The van der Waals surface area contributed by atoms with E-state index in [0.29, 0.717) is 0 Å². The number of hydrogen-bond acceptors (Lipinski definition) is 6. The molecule has 1 aromatic carbocycles. The number of esters is 1. The highest BCUT2D eigenvalue weighted by molar-refractivity contribution is 7.87. The van der Waals surface area contributed by atoms with Crippen LogP contribution < -0.4 is 4.18 Å². The first kappa shape index (κ1) is 16.0. The summed E-state index contributed by atoms with van der Waals surface area (Å²) in [5.74, 6) is -2.84. The van der Waals surface area contributed by atoms with E-state index in [1.54, 1.807) is 0 Å². The highest BCUT2D eigenvalue weighted by Gasteiger charge is 2.48. The molecule has 0 amide bonds. The fourth-order valence-electron chi connectivity index (χ4n) is 1.05. The van der Waals surface area contributed by atoms with Gasteiger partial charge in [-0.1, -0.05) is 0 Å². The van der Waals surface area contributed by atoms with Crippen LogP contribution in [0.5, 0.6) is 5.75 Å². The molecule has 1 aromatic rings. The smallest absolute Gasteiger partial charge is 0.463 e. The molecule has 0 radical (unpaired) electrons. The number of methoxy groups -OCH3 is 1. The van der Waals surface area contributed by atoms with Crippen LogP contribution in [0.15, 0.2) is 24.3 Å². The fraction of sp³-hybridized carbons (Fsp3) is 0.200. The van der Waals surface area contributed by atoms with Crippen LogP contribution in [0.25, 0.3) is 0 Å². The summed E-state index contributed by atoms with van der Waals surface area (Å²) in [6, 6.07) is 3.47. The lowest BCUT2D eigenvalue weighted by Gasteiger charge is -2.09. The third kappa shape index (κ3) is 3.47. The van der Waals surface area contributed by atoms with E-state index in [1.807, 2.05) is 0 Å². The minimum absolute atomic E-state index is 0.186. The average Bonchev–Trinajstić information content (AvgIpc) is 2.36. The van der Waals surface area contributed by atoms with Gasteiger partial charge in [-0.15, -0.1) is 0 Å². The van der Waals surface area contributed by atoms with Crippen LogP contribution in [-0.2, 0) is 19.6 Å². The third-order valence-corrected chi connectivity index (χ3v) is 2.96. The Kier molecular flexibility index (Phi) is 4.38. The van der Waals surface area contributed by atoms with Crippen molar-refractivity contribution >= 4 is 21.9 Å². The van der Waals surface area contributed by atoms with E-state index in [9.17, 15) is 31.2 Å². The Bertz CT molecular complexity index is 617. The summed E-state index contributed by atoms with van der Waals surface area (Å²) in [5.41, 5.74) is -5.75. The van der Waals surface area contributed by atoms with Crippen LogP contribution >= 0.6 is 0 Å². The molecule has 6 nitrogen and oxygen atoms in total. The molecule has 0 fully saturated rings. The van der Waals surface area contributed by atoms with Crippen LogP contribution in [0.1, 0.15) is 10.4 Å². The molecule has 0 atom stereocenters. The Hall–Kier alpha value is -2.10. The molecule has 0 heterocycles. The van der Waals surface area contributed by atoms with Crippen LogP contribution in [0.3, 0.4) is 0 Å². The van der Waals surface area contributed by atoms with Crippen molar-refractivity contribution in [3.05, 3.63) is 29.8 Å². The van der Waals surface area contributed by atoms with Gasteiger partial charge < -0.3 is 8.92 Å². The van der Waals surface area contributed by atoms with Crippen LogP contribution in [0.2, 0.25) is 0 Å². The minimum Gasteiger partial charge on any atom is -0.463 e. The summed E-state index contributed by atoms with van der Waals surface area (Å²) in [6.45, 7) is 0. The number of carbonyl (C=O) groups excluding carboxylic acids is 2. The van der Waals surface area contributed by atoms with Crippen LogP contribution in [0, 0.1) is 0 Å². The standard InChI is InChI=1S/C10H7F3O6S/c1-18-9(15)8(14)6-2-4-7(5-3-6)19-20(16,17)10(11,12)13/h2-5H,1H3. The lowest BCUT2D eigenvalue weighted by molar-refractivity contribution is -0.135. The predicted octanol–water partition coefficient (Wildman–Crippen LogP) is 1.27. The van der Waals surface area contributed by atoms with E-state index in [-0.39, 0.29) is 5.56 Å². The number of hydrogen-bond donors (Lipinski definition) is 0. The van der Waals surface area contributed by atoms with E-state index in [0.717, 1.165) is 31.4 Å². The van der Waals surface area contributed by atoms with Gasteiger partial charge in [-0.25, -0.2) is 4.79 Å². The van der Waals surface area contributed by atoms with Crippen molar-refractivity contribution in [2.24, 2.45) is 0 Å². The maximum atomic E-state index is 12.0. The molecule has 10 heteroatoms. The maximum Gasteiger partial charge on any atom is 0.534 e. The number of ketones is 1. The normalized spacial score (nSPS) is 11.8. The quantitative estimate of drug-likeness (QED) is 0.274. The molecular weight excluding hydrogens is 305 g/mol. The summed E-state index contributed by atoms with van der Waals surface area (Å²) in [7, 11) is -4.80. The third-order valence-electron chi connectivity index (χ3n) is 1.98. The van der Waals surface area contributed by atoms with Gasteiger partial charge in [0.1, 0.15) is 5.75 Å². The second-order valence-electron chi connectivity index (χ2n) is 3.33. The van der Waals surface area contributed by atoms with Crippen molar-refractivity contribution in [1.82, 2.24) is 0 Å². The van der Waals surface area contributed by atoms with Gasteiger partial charge in [0.2, 0.25) is 0 Å². The molecule has 0 unspecified atom stereocenters. The lowest BCUT2D eigenvalue weighted by Crippen LogP contribution is -2.28. The zero-order valence-corrected chi connectivity index (χ0v) is 10.6. The molecule has 20 heavy (non-hydrogen) atoms. The zero-order valence-electron chi connectivity index (χ0n) is 9.80. The lowest BCUT2D eigenvalue weighted by atomic mass is 10.1. The van der Waals surface area contributed by atoms with E-state index in [2.05, 4.69) is 8.92 Å². The van der Waals surface area contributed by atoms with Gasteiger partial charge in [0.05, 0.1) is 7.11 Å². The number of halogens is 3. The monoisotopic (exact) mass is 312 g/mol. The largest absolute Gasteiger partial charge is 0.534 e. The molecule has 0 N–H and O–H groups in total. The molecule has 0 spiro atoms. The molecule has 0 aliphatic heterocycles. The van der Waals surface area contributed by atoms with Gasteiger partial charge in [0, 0.05) is 5.56 Å². The molecule has 0 saturated heterocycles. The Morgan fingerprint density at radius 2 is 1.60 bits per heavy atom. The molecule has 110 valence electrons. The van der Waals surface area contributed by atoms with Gasteiger partial charge in [0.15, 0.2) is 0 Å². The van der Waals surface area contributed by atoms with Gasteiger partial charge in [-0.05, 0) is 24.3 Å². The van der Waals surface area contributed by atoms with Crippen LogP contribution in [0.4, 0.5) is 13.2 Å². The first-order valence-electron chi connectivity index (χ1n) is 4.82. The van der Waals surface area contributed by atoms with Crippen molar-refractivity contribution in [3.63, 3.8) is 0 Å². The van der Waals surface area contributed by atoms with E-state index in [4.69, 9.17) is 0 Å². The fourth-order valence-corrected chi connectivity index (χ4v) is 1.51. The van der Waals surface area contributed by atoms with Crippen LogP contribution in [-0.4, -0.2) is 32.8 Å². The Morgan fingerprint density at radius 1 is 1.10 bits per heavy atom. The zero-order chi connectivity index (χ0) is 15.6. The highest BCUT2D eigenvalue weighted by atomic mass is 32.2. The molecule has 0 aliphatic rings. The summed E-state index contributed by atoms with van der Waals surface area (Å²) < 4.78 is 65.5. The van der Waals surface area contributed by atoms with E-state index >= 15 is 0 Å². The molecule has 0 saturated carbocycles. The average molecular weight is 312 g/mol. The number of ether oxygens (including phenoxy) is 1. The Balaban J connectivity index is 2.94. The Labute approximate surface area is 111 Å². The second-order valence-corrected chi connectivity index (χ2v) is 4.87. The first-order chi connectivity index (χ1) is 9.08. The van der Waals surface area contributed by atoms with E-state index in [1.165, 1.54) is 0 Å². The number of rotatable bonds is 4. The topological polar surface area (TPSA) is 86.7 Å². The van der Waals surface area contributed by atoms with Gasteiger partial charge in [0.25, 0.3) is 5.78 Å². The maximum absolute atomic E-state index is 12.0. The first-order valence-corrected chi connectivity index (χ1v) is 6.23. The van der Waals surface area contributed by atoms with E-state index < -0.39 is 33.1 Å². The number of alkyl halides is 3. The molecule has 0 aromatic heterocycles. The number of Topliss-reactive ketones (excluding diaryl/α,β-unsaturated/α-hetero) is 1. The highest BCUT2D eigenvalue weighted by Crippen LogP contribution is 2.27. The van der Waals surface area contributed by atoms with Gasteiger partial charge in [-0.3, -0.25) is 4.79 Å². The molecule has 1 rings (SSSR count). The number of benzene rings is 1. The SMILES string of the molecule is COC(=O)C(=O)c1ccc(OS(=O)(=O)C(F)(F)F)cc1. The molecule has 0 bridgehead atoms. The molecular formula is C10H7F3O6S. The summed E-state index contributed by atoms with van der Waals surface area (Å²) in [6.07, 6.45) is 0. The van der Waals surface area contributed by atoms with Crippen molar-refractivity contribution in [3.8, 4) is 5.75 Å². The van der Waals surface area contributed by atoms with Crippen molar-refractivity contribution in [2.45, 2.75) is 5.51 Å². The predicted molar refractivity (Wildman–Crippen MR) is 58.4 cm³/mol. The van der Waals surface area contributed by atoms with Crippen molar-refractivity contribution < 1.29 is 40.1 Å². The van der Waals surface area contributed by atoms with Gasteiger partial charge >= 0.3 is 21.6 Å². The van der Waals surface area contributed by atoms with Crippen molar-refractivity contribution in [1.29, 1.82) is 0 Å². The number of carbonyl (C=O) groups is 2. The summed E-state index contributed by atoms with van der Waals surface area (Å²) >= 11 is 0. The minimum atomic E-state index is -5.78. The summed E-state index contributed by atoms with van der Waals surface area (Å²) in [4.78, 5) is 22.2. The van der Waals surface area contributed by atoms with Gasteiger partial charge in [-0.2, -0.15) is 21.6 Å². The van der Waals surface area contributed by atoms with Crippen molar-refractivity contribution in [2.75, 3.05) is 7.11 Å². The Morgan fingerprint density at radius 3 is 2.00 bits per heavy atom.